The van der Waals surface area contributed by atoms with Crippen LogP contribution in [0.4, 0.5) is 11.4 Å². The van der Waals surface area contributed by atoms with E-state index >= 15 is 0 Å². The second kappa shape index (κ2) is 8.39. The van der Waals surface area contributed by atoms with Crippen LogP contribution in [-0.2, 0) is 11.3 Å². The molecule has 0 bridgehead atoms. The molecule has 0 atom stereocenters. The van der Waals surface area contributed by atoms with Gasteiger partial charge in [0, 0.05) is 38.8 Å². The first-order valence-electron chi connectivity index (χ1n) is 9.33. The minimum atomic E-state index is 0.0106. The number of aromatic nitrogens is 3. The summed E-state index contributed by atoms with van der Waals surface area (Å²) in [6, 6.07) is 3.89. The summed E-state index contributed by atoms with van der Waals surface area (Å²) in [6.45, 7) is 10.6. The fourth-order valence-corrected chi connectivity index (χ4v) is 3.41. The molecule has 1 N–H and O–H groups in total. The van der Waals surface area contributed by atoms with Gasteiger partial charge >= 0.3 is 0 Å². The molecule has 1 amide bonds. The number of piperazine rings is 1. The lowest BCUT2D eigenvalue weighted by atomic mass is 10.2. The molecule has 146 valence electrons. The zero-order valence-electron chi connectivity index (χ0n) is 16.5. The zero-order chi connectivity index (χ0) is 19.4. The van der Waals surface area contributed by atoms with Gasteiger partial charge in [0.2, 0.25) is 11.8 Å². The third-order valence-corrected chi connectivity index (χ3v) is 4.98. The molecule has 3 heterocycles. The molecule has 0 unspecified atom stereocenters. The van der Waals surface area contributed by atoms with Gasteiger partial charge in [-0.15, -0.1) is 0 Å². The van der Waals surface area contributed by atoms with Crippen LogP contribution in [0.3, 0.4) is 0 Å². The van der Waals surface area contributed by atoms with E-state index < -0.39 is 0 Å². The number of nitrogens with zero attached hydrogens (tertiary/aromatic N) is 5. The Morgan fingerprint density at radius 1 is 1.22 bits per heavy atom. The third-order valence-electron chi connectivity index (χ3n) is 4.98. The minimum Gasteiger partial charge on any atom is -0.481 e. The van der Waals surface area contributed by atoms with Crippen molar-refractivity contribution in [3.05, 3.63) is 29.7 Å². The quantitative estimate of drug-likeness (QED) is 0.832. The number of ether oxygens (including phenoxy) is 1. The number of methoxy groups -OCH3 is 1. The Morgan fingerprint density at radius 3 is 2.52 bits per heavy atom. The van der Waals surface area contributed by atoms with Crippen LogP contribution in [0.15, 0.2) is 18.3 Å². The van der Waals surface area contributed by atoms with Crippen molar-refractivity contribution in [1.29, 1.82) is 0 Å². The standard InChI is InChI=1S/C19H28N6O2/c1-5-25-15(3)19(14(2)22-25)21-17(26)13-23-8-10-24(11-9-23)16-6-7-18(27-4)20-12-16/h6-7,12H,5,8-11,13H2,1-4H3,(H,21,26). The van der Waals surface area contributed by atoms with Gasteiger partial charge in [0.1, 0.15) is 0 Å². The predicted octanol–water partition coefficient (Wildman–Crippen LogP) is 1.68. The number of amides is 1. The maximum atomic E-state index is 12.5. The van der Waals surface area contributed by atoms with Gasteiger partial charge in [0.05, 0.1) is 42.6 Å². The number of anilines is 2. The molecule has 1 aliphatic rings. The van der Waals surface area contributed by atoms with E-state index in [9.17, 15) is 4.79 Å². The second-order valence-corrected chi connectivity index (χ2v) is 6.73. The fourth-order valence-electron chi connectivity index (χ4n) is 3.41. The molecule has 1 fully saturated rings. The van der Waals surface area contributed by atoms with Crippen molar-refractivity contribution in [2.75, 3.05) is 50.1 Å². The largest absolute Gasteiger partial charge is 0.481 e. The Morgan fingerprint density at radius 2 is 1.96 bits per heavy atom. The Bertz CT molecular complexity index is 778. The van der Waals surface area contributed by atoms with Crippen molar-refractivity contribution < 1.29 is 9.53 Å². The van der Waals surface area contributed by atoms with Crippen molar-refractivity contribution in [1.82, 2.24) is 19.7 Å². The van der Waals surface area contributed by atoms with E-state index in [0.717, 1.165) is 55.5 Å². The van der Waals surface area contributed by atoms with Crippen LogP contribution in [-0.4, -0.2) is 65.4 Å². The van der Waals surface area contributed by atoms with Crippen molar-refractivity contribution in [2.45, 2.75) is 27.3 Å². The highest BCUT2D eigenvalue weighted by molar-refractivity contribution is 5.93. The molecule has 1 saturated heterocycles. The number of carbonyl (C=O) groups excluding carboxylic acids is 1. The average molecular weight is 372 g/mol. The van der Waals surface area contributed by atoms with Crippen LogP contribution < -0.4 is 15.0 Å². The van der Waals surface area contributed by atoms with Gasteiger partial charge in [0.25, 0.3) is 0 Å². The van der Waals surface area contributed by atoms with Crippen LogP contribution in [0.5, 0.6) is 5.88 Å². The van der Waals surface area contributed by atoms with E-state index in [1.54, 1.807) is 7.11 Å². The highest BCUT2D eigenvalue weighted by atomic mass is 16.5. The lowest BCUT2D eigenvalue weighted by Gasteiger charge is -2.35. The highest BCUT2D eigenvalue weighted by Gasteiger charge is 2.21. The Hall–Kier alpha value is -2.61. The lowest BCUT2D eigenvalue weighted by molar-refractivity contribution is -0.117. The Labute approximate surface area is 160 Å². The normalized spacial score (nSPS) is 15.0. The van der Waals surface area contributed by atoms with E-state index in [2.05, 4.69) is 25.2 Å². The highest BCUT2D eigenvalue weighted by Crippen LogP contribution is 2.20. The molecule has 3 rings (SSSR count). The van der Waals surface area contributed by atoms with Crippen molar-refractivity contribution >= 4 is 17.3 Å². The van der Waals surface area contributed by atoms with E-state index in [-0.39, 0.29) is 5.91 Å². The van der Waals surface area contributed by atoms with Gasteiger partial charge in [-0.25, -0.2) is 4.98 Å². The number of hydrogen-bond acceptors (Lipinski definition) is 6. The van der Waals surface area contributed by atoms with Gasteiger partial charge in [0.15, 0.2) is 0 Å². The van der Waals surface area contributed by atoms with E-state index in [4.69, 9.17) is 4.74 Å². The zero-order valence-corrected chi connectivity index (χ0v) is 16.5. The summed E-state index contributed by atoms with van der Waals surface area (Å²) in [5, 5.41) is 7.49. The van der Waals surface area contributed by atoms with Crippen LogP contribution in [0.2, 0.25) is 0 Å². The Balaban J connectivity index is 1.51. The molecule has 0 spiro atoms. The number of carbonyl (C=O) groups is 1. The second-order valence-electron chi connectivity index (χ2n) is 6.73. The SMILES string of the molecule is CCn1nc(C)c(NC(=O)CN2CCN(c3ccc(OC)nc3)CC2)c1C. The van der Waals surface area contributed by atoms with E-state index in [1.165, 1.54) is 0 Å². The van der Waals surface area contributed by atoms with Crippen LogP contribution >= 0.6 is 0 Å². The molecule has 2 aromatic heterocycles. The minimum absolute atomic E-state index is 0.0106. The number of rotatable bonds is 6. The number of aryl methyl sites for hydroxylation is 2. The third kappa shape index (κ3) is 4.39. The monoisotopic (exact) mass is 372 g/mol. The van der Waals surface area contributed by atoms with Crippen LogP contribution in [0, 0.1) is 13.8 Å². The first-order valence-corrected chi connectivity index (χ1v) is 9.33. The maximum Gasteiger partial charge on any atom is 0.238 e. The van der Waals surface area contributed by atoms with Gasteiger partial charge < -0.3 is 15.0 Å². The molecule has 8 heteroatoms. The number of pyridine rings is 1. The van der Waals surface area contributed by atoms with Crippen molar-refractivity contribution in [2.24, 2.45) is 0 Å². The smallest absolute Gasteiger partial charge is 0.238 e. The first kappa shape index (κ1) is 19.2. The van der Waals surface area contributed by atoms with Crippen molar-refractivity contribution in [3.63, 3.8) is 0 Å². The average Bonchev–Trinajstić information content (AvgIpc) is 2.96. The molecular weight excluding hydrogens is 344 g/mol. The summed E-state index contributed by atoms with van der Waals surface area (Å²) >= 11 is 0. The summed E-state index contributed by atoms with van der Waals surface area (Å²) in [6.07, 6.45) is 1.83. The summed E-state index contributed by atoms with van der Waals surface area (Å²) in [5.74, 6) is 0.627. The Kier molecular flexibility index (Phi) is 5.95. The van der Waals surface area contributed by atoms with Gasteiger partial charge in [-0.05, 0) is 26.8 Å². The lowest BCUT2D eigenvalue weighted by Crippen LogP contribution is -2.48. The summed E-state index contributed by atoms with van der Waals surface area (Å²) in [5.41, 5.74) is 3.78. The molecule has 0 aromatic carbocycles. The molecule has 0 radical (unpaired) electrons. The van der Waals surface area contributed by atoms with Crippen LogP contribution in [0.1, 0.15) is 18.3 Å². The molecule has 8 nitrogen and oxygen atoms in total. The predicted molar refractivity (Wildman–Crippen MR) is 105 cm³/mol. The molecule has 0 saturated carbocycles. The topological polar surface area (TPSA) is 75.5 Å². The van der Waals surface area contributed by atoms with Crippen LogP contribution in [0.25, 0.3) is 0 Å². The first-order chi connectivity index (χ1) is 13.0. The number of hydrogen-bond donors (Lipinski definition) is 1. The molecule has 1 aliphatic heterocycles. The van der Waals surface area contributed by atoms with Gasteiger partial charge in [-0.1, -0.05) is 0 Å². The van der Waals surface area contributed by atoms with E-state index in [0.29, 0.717) is 12.4 Å². The van der Waals surface area contributed by atoms with Gasteiger partial charge in [-0.2, -0.15) is 5.10 Å². The molecule has 2 aromatic rings. The summed E-state index contributed by atoms with van der Waals surface area (Å²) in [4.78, 5) is 21.2. The number of nitrogens with one attached hydrogen (secondary N) is 1. The summed E-state index contributed by atoms with van der Waals surface area (Å²) in [7, 11) is 1.61. The summed E-state index contributed by atoms with van der Waals surface area (Å²) < 4.78 is 7.01. The molecular formula is C19H28N6O2. The molecule has 27 heavy (non-hydrogen) atoms. The van der Waals surface area contributed by atoms with E-state index in [1.807, 2.05) is 43.8 Å². The van der Waals surface area contributed by atoms with Gasteiger partial charge in [-0.3, -0.25) is 14.4 Å². The van der Waals surface area contributed by atoms with Crippen molar-refractivity contribution in [3.8, 4) is 5.88 Å². The molecule has 0 aliphatic carbocycles. The fraction of sp³-hybridized carbons (Fsp3) is 0.526. The maximum absolute atomic E-state index is 12.5.